The molecule has 272 valence electrons. The van der Waals surface area contributed by atoms with E-state index >= 15 is 0 Å². The van der Waals surface area contributed by atoms with Crippen LogP contribution in [0.25, 0.3) is 0 Å². The molecule has 3 rings (SSSR count). The lowest BCUT2D eigenvalue weighted by Gasteiger charge is -2.42. The number of hydrogen-bond donors (Lipinski definition) is 0. The Bertz CT molecular complexity index is 1570. The van der Waals surface area contributed by atoms with E-state index in [4.69, 9.17) is 28.4 Å². The molecule has 0 amide bonds. The van der Waals surface area contributed by atoms with E-state index < -0.39 is 101 Å². The van der Waals surface area contributed by atoms with Gasteiger partial charge in [-0.05, 0) is 19.1 Å². The van der Waals surface area contributed by atoms with Crippen LogP contribution < -0.4 is 0 Å². The number of nitrogens with zero attached hydrogens (tertiary/aromatic N) is 1. The minimum Gasteiger partial charge on any atom is -0.458 e. The van der Waals surface area contributed by atoms with Crippen molar-refractivity contribution < 1.29 is 62.0 Å². The fraction of sp³-hybridized carbons (Fsp3) is 0.556. The second-order valence-corrected chi connectivity index (χ2v) is 13.5. The van der Waals surface area contributed by atoms with Gasteiger partial charge in [0.2, 0.25) is 0 Å². The third kappa shape index (κ3) is 8.82. The third-order valence-corrected chi connectivity index (χ3v) is 8.83. The molecule has 1 aromatic heterocycles. The quantitative estimate of drug-likeness (QED) is 0.227. The van der Waals surface area contributed by atoms with Gasteiger partial charge in [-0.25, -0.2) is 4.79 Å². The van der Waals surface area contributed by atoms with Gasteiger partial charge in [-0.2, -0.15) is 0 Å². The van der Waals surface area contributed by atoms with E-state index in [0.717, 1.165) is 34.6 Å². The number of allylic oxidation sites excluding steroid dienone is 1. The number of aromatic nitrogens is 1. The zero-order valence-electron chi connectivity index (χ0n) is 29.8. The Kier molecular flexibility index (Phi) is 12.1. The van der Waals surface area contributed by atoms with Crippen LogP contribution >= 0.6 is 0 Å². The van der Waals surface area contributed by atoms with E-state index in [0.29, 0.717) is 0 Å². The summed E-state index contributed by atoms with van der Waals surface area (Å²) in [5, 5.41) is 0. The average molecular weight is 700 g/mol. The lowest BCUT2D eigenvalue weighted by atomic mass is 9.72. The lowest BCUT2D eigenvalue weighted by Crippen LogP contribution is -2.57. The van der Waals surface area contributed by atoms with Gasteiger partial charge in [0, 0.05) is 76.8 Å². The molecule has 8 atom stereocenters. The highest BCUT2D eigenvalue weighted by molar-refractivity contribution is 5.94. The molecular weight excluding hydrogens is 654 g/mol. The number of Topliss-reactive ketones (excluding diaryl/α,β-unsaturated/α-hetero) is 1. The van der Waals surface area contributed by atoms with Crippen LogP contribution in [0.3, 0.4) is 0 Å². The van der Waals surface area contributed by atoms with Crippen molar-refractivity contribution in [3.63, 3.8) is 0 Å². The second-order valence-electron chi connectivity index (χ2n) is 13.5. The topological polar surface area (TPSA) is 188 Å². The van der Waals surface area contributed by atoms with Crippen molar-refractivity contribution in [2.24, 2.45) is 17.3 Å². The van der Waals surface area contributed by atoms with Gasteiger partial charge < -0.3 is 28.4 Å². The molecule has 0 radical (unpaired) electrons. The predicted octanol–water partition coefficient (Wildman–Crippen LogP) is 3.79. The minimum absolute atomic E-state index is 0.121. The number of carbonyl (C=O) groups excluding carboxylic acids is 7. The highest BCUT2D eigenvalue weighted by Crippen LogP contribution is 2.54. The normalized spacial score (nSPS) is 31.4. The molecule has 0 saturated heterocycles. The molecule has 0 aromatic carbocycles. The van der Waals surface area contributed by atoms with Crippen LogP contribution in [0.15, 0.2) is 48.8 Å². The molecule has 14 nitrogen and oxygen atoms in total. The highest BCUT2D eigenvalue weighted by Gasteiger charge is 2.71. The summed E-state index contributed by atoms with van der Waals surface area (Å²) in [5.41, 5.74) is -5.08. The van der Waals surface area contributed by atoms with Crippen molar-refractivity contribution >= 4 is 41.6 Å². The number of carbonyl (C=O) groups is 7. The summed E-state index contributed by atoms with van der Waals surface area (Å²) < 4.78 is 34.9. The Morgan fingerprint density at radius 1 is 0.840 bits per heavy atom. The van der Waals surface area contributed by atoms with Gasteiger partial charge in [0.25, 0.3) is 0 Å². The van der Waals surface area contributed by atoms with Crippen molar-refractivity contribution in [1.82, 2.24) is 4.98 Å². The Morgan fingerprint density at radius 2 is 1.44 bits per heavy atom. The van der Waals surface area contributed by atoms with Crippen molar-refractivity contribution in [2.75, 3.05) is 0 Å². The Labute approximate surface area is 290 Å². The fourth-order valence-corrected chi connectivity index (χ4v) is 6.80. The molecule has 50 heavy (non-hydrogen) atoms. The first-order valence-corrected chi connectivity index (χ1v) is 16.1. The van der Waals surface area contributed by atoms with Crippen LogP contribution in [-0.2, 0) is 57.2 Å². The average Bonchev–Trinajstić information content (AvgIpc) is 3.22. The van der Waals surface area contributed by atoms with Gasteiger partial charge in [-0.1, -0.05) is 39.5 Å². The van der Waals surface area contributed by atoms with Crippen molar-refractivity contribution in [2.45, 2.75) is 111 Å². The van der Waals surface area contributed by atoms with Crippen LogP contribution in [0.1, 0.15) is 85.5 Å². The monoisotopic (exact) mass is 699 g/mol. The maximum absolute atomic E-state index is 14.8. The number of rotatable bonds is 7. The molecule has 1 unspecified atom stereocenters. The van der Waals surface area contributed by atoms with Crippen molar-refractivity contribution in [3.8, 4) is 0 Å². The van der Waals surface area contributed by atoms with Crippen molar-refractivity contribution in [1.29, 1.82) is 0 Å². The zero-order valence-corrected chi connectivity index (χ0v) is 29.8. The first-order chi connectivity index (χ1) is 23.1. The van der Waals surface area contributed by atoms with Crippen LogP contribution in [0.4, 0.5) is 0 Å². The number of hydrogen-bond acceptors (Lipinski definition) is 14. The SMILES string of the molecule is C=C1[C@H](OC(C)=O)C[C@@H](OC(=O)c2cccnc2)C(C)(C)/C=C/[C@@H](C)C(=O)[C@]2(OC(C)=O)C[C@@](C)(OC(C)=O)[C@H](OC(C)=O)C2[C@H]1OC(C)=O. The summed E-state index contributed by atoms with van der Waals surface area (Å²) in [6.07, 6.45) is -0.387. The van der Waals surface area contributed by atoms with E-state index in [1.54, 1.807) is 32.9 Å². The molecule has 1 heterocycles. The Morgan fingerprint density at radius 3 is 1.96 bits per heavy atom. The molecule has 0 bridgehead atoms. The van der Waals surface area contributed by atoms with Crippen LogP contribution in [0.2, 0.25) is 0 Å². The van der Waals surface area contributed by atoms with Crippen LogP contribution in [0, 0.1) is 17.3 Å². The molecule has 1 fully saturated rings. The first kappa shape index (κ1) is 39.6. The van der Waals surface area contributed by atoms with E-state index in [2.05, 4.69) is 11.6 Å². The summed E-state index contributed by atoms with van der Waals surface area (Å²) in [7, 11) is 0. The Hall–Kier alpha value is -4.88. The van der Waals surface area contributed by atoms with Crippen LogP contribution in [0.5, 0.6) is 0 Å². The smallest absolute Gasteiger partial charge is 0.340 e. The molecule has 1 aromatic rings. The second kappa shape index (κ2) is 15.3. The highest BCUT2D eigenvalue weighted by atomic mass is 16.6. The van der Waals surface area contributed by atoms with Gasteiger partial charge in [-0.15, -0.1) is 0 Å². The van der Waals surface area contributed by atoms with E-state index in [1.807, 2.05) is 0 Å². The fourth-order valence-electron chi connectivity index (χ4n) is 6.80. The number of ether oxygens (including phenoxy) is 6. The molecule has 0 aliphatic heterocycles. The van der Waals surface area contributed by atoms with Gasteiger partial charge in [0.05, 0.1) is 11.5 Å². The maximum Gasteiger partial charge on any atom is 0.340 e. The standard InChI is InChI=1S/C36H45NO13/c1-19-13-14-34(8,9)28(48-33(44)26-12-11-15-37-17-26)16-27(45-21(3)38)20(2)30(46-22(4)39)29-32(47-23(5)40)35(10,49-24(6)41)18-36(29,31(19)43)50-25(7)42/h11-15,17,19,27-30,32H,2,16,18H2,1,3-10H3/b14-13+/t19-,27-,28-,29?,30+,32-,35-,36+/m1/s1. The summed E-state index contributed by atoms with van der Waals surface area (Å²) in [6, 6.07) is 3.07. The van der Waals surface area contributed by atoms with Gasteiger partial charge in [0.15, 0.2) is 23.1 Å². The van der Waals surface area contributed by atoms with Gasteiger partial charge in [0.1, 0.15) is 18.3 Å². The summed E-state index contributed by atoms with van der Waals surface area (Å²) in [6.45, 7) is 16.0. The third-order valence-electron chi connectivity index (χ3n) is 8.83. The summed E-state index contributed by atoms with van der Waals surface area (Å²) >= 11 is 0. The molecule has 2 aliphatic carbocycles. The molecule has 1 saturated carbocycles. The first-order valence-electron chi connectivity index (χ1n) is 16.1. The van der Waals surface area contributed by atoms with Crippen LogP contribution in [-0.4, -0.2) is 82.2 Å². The zero-order chi connectivity index (χ0) is 37.8. The minimum atomic E-state index is -2.25. The predicted molar refractivity (Wildman–Crippen MR) is 174 cm³/mol. The van der Waals surface area contributed by atoms with E-state index in [9.17, 15) is 33.6 Å². The van der Waals surface area contributed by atoms with E-state index in [1.165, 1.54) is 31.5 Å². The van der Waals surface area contributed by atoms with E-state index in [-0.39, 0.29) is 17.6 Å². The number of esters is 6. The maximum atomic E-state index is 14.8. The van der Waals surface area contributed by atoms with Crippen molar-refractivity contribution in [3.05, 3.63) is 54.4 Å². The largest absolute Gasteiger partial charge is 0.458 e. The molecule has 0 spiro atoms. The van der Waals surface area contributed by atoms with Gasteiger partial charge >= 0.3 is 35.8 Å². The summed E-state index contributed by atoms with van der Waals surface area (Å²) in [4.78, 5) is 95.5. The molecular formula is C36H45NO13. The number of ketones is 1. The lowest BCUT2D eigenvalue weighted by molar-refractivity contribution is -0.190. The summed E-state index contributed by atoms with van der Waals surface area (Å²) in [5.74, 6) is -8.29. The molecule has 14 heteroatoms. The number of pyridine rings is 1. The molecule has 0 N–H and O–H groups in total. The number of fused-ring (bicyclic) bond motifs is 1. The van der Waals surface area contributed by atoms with Gasteiger partial charge in [-0.3, -0.25) is 33.8 Å². The Balaban J connectivity index is 2.41. The molecule has 2 aliphatic rings.